The molecule has 1 N–H and O–H groups in total. The van der Waals surface area contributed by atoms with Crippen molar-refractivity contribution >= 4 is 27.6 Å². The van der Waals surface area contributed by atoms with E-state index in [0.717, 1.165) is 0 Å². The first kappa shape index (κ1) is 16.7. The van der Waals surface area contributed by atoms with E-state index in [0.29, 0.717) is 0 Å². The van der Waals surface area contributed by atoms with Crippen molar-refractivity contribution in [2.75, 3.05) is 18.7 Å². The first-order chi connectivity index (χ1) is 7.73. The molecule has 0 aliphatic carbocycles. The second-order valence-electron chi connectivity index (χ2n) is 4.40. The van der Waals surface area contributed by atoms with Crippen LogP contribution >= 0.6 is 11.6 Å². The minimum atomic E-state index is -3.53. The van der Waals surface area contributed by atoms with Crippen LogP contribution in [-0.2, 0) is 19.6 Å². The smallest absolute Gasteiger partial charge is 0.324 e. The molecule has 0 saturated carbocycles. The SMILES string of the molecule is COC(=O)[C@@H](NS(=O)(=O)CC(C)CCl)C(C)C. The molecule has 0 heterocycles. The highest BCUT2D eigenvalue weighted by Crippen LogP contribution is 2.08. The monoisotopic (exact) mass is 285 g/mol. The lowest BCUT2D eigenvalue weighted by Crippen LogP contribution is -2.46. The van der Waals surface area contributed by atoms with Crippen LogP contribution in [0.3, 0.4) is 0 Å². The summed E-state index contributed by atoms with van der Waals surface area (Å²) < 4.78 is 30.4. The lowest BCUT2D eigenvalue weighted by atomic mass is 10.1. The van der Waals surface area contributed by atoms with Crippen molar-refractivity contribution < 1.29 is 17.9 Å². The van der Waals surface area contributed by atoms with Gasteiger partial charge in [-0.15, -0.1) is 11.6 Å². The van der Waals surface area contributed by atoms with Gasteiger partial charge in [0.1, 0.15) is 6.04 Å². The van der Waals surface area contributed by atoms with Crippen LogP contribution in [0.2, 0.25) is 0 Å². The second-order valence-corrected chi connectivity index (χ2v) is 6.51. The van der Waals surface area contributed by atoms with Gasteiger partial charge in [-0.3, -0.25) is 4.79 Å². The highest BCUT2D eigenvalue weighted by Gasteiger charge is 2.28. The third-order valence-electron chi connectivity index (χ3n) is 2.20. The molecule has 17 heavy (non-hydrogen) atoms. The first-order valence-electron chi connectivity index (χ1n) is 5.37. The van der Waals surface area contributed by atoms with Gasteiger partial charge in [-0.05, 0) is 11.8 Å². The van der Waals surface area contributed by atoms with Gasteiger partial charge in [0, 0.05) is 5.88 Å². The maximum atomic E-state index is 11.8. The number of halogens is 1. The number of methoxy groups -OCH3 is 1. The van der Waals surface area contributed by atoms with Crippen molar-refractivity contribution in [1.29, 1.82) is 0 Å². The van der Waals surface area contributed by atoms with Crippen LogP contribution in [0.4, 0.5) is 0 Å². The molecule has 0 aliphatic heterocycles. The van der Waals surface area contributed by atoms with Crippen molar-refractivity contribution in [2.45, 2.75) is 26.8 Å². The summed E-state index contributed by atoms with van der Waals surface area (Å²) in [7, 11) is -2.30. The molecule has 0 aliphatic rings. The standard InChI is InChI=1S/C10H20ClNO4S/c1-7(2)9(10(13)16-4)12-17(14,15)6-8(3)5-11/h7-9,12H,5-6H2,1-4H3/t8?,9-/m0/s1. The van der Waals surface area contributed by atoms with E-state index in [1.165, 1.54) is 7.11 Å². The normalized spacial score (nSPS) is 15.6. The molecule has 0 radical (unpaired) electrons. The van der Waals surface area contributed by atoms with Gasteiger partial charge in [0.2, 0.25) is 10.0 Å². The average molecular weight is 286 g/mol. The van der Waals surface area contributed by atoms with Gasteiger partial charge in [-0.1, -0.05) is 20.8 Å². The number of esters is 1. The molecule has 2 atom stereocenters. The predicted octanol–water partition coefficient (Wildman–Crippen LogP) is 0.978. The molecule has 0 aromatic heterocycles. The fraction of sp³-hybridized carbons (Fsp3) is 0.900. The number of nitrogens with one attached hydrogen (secondary N) is 1. The van der Waals surface area contributed by atoms with E-state index in [1.807, 2.05) is 0 Å². The van der Waals surface area contributed by atoms with Crippen LogP contribution in [0.5, 0.6) is 0 Å². The van der Waals surface area contributed by atoms with E-state index in [9.17, 15) is 13.2 Å². The number of carbonyl (C=O) groups is 1. The lowest BCUT2D eigenvalue weighted by Gasteiger charge is -2.20. The largest absolute Gasteiger partial charge is 0.468 e. The fourth-order valence-corrected chi connectivity index (χ4v) is 3.20. The maximum absolute atomic E-state index is 11.8. The summed E-state index contributed by atoms with van der Waals surface area (Å²) in [6.45, 7) is 5.22. The molecule has 0 saturated heterocycles. The Morgan fingerprint density at radius 1 is 1.35 bits per heavy atom. The lowest BCUT2D eigenvalue weighted by molar-refractivity contribution is -0.143. The fourth-order valence-electron chi connectivity index (χ4n) is 1.24. The van der Waals surface area contributed by atoms with Crippen molar-refractivity contribution in [1.82, 2.24) is 4.72 Å². The molecule has 7 heteroatoms. The molecule has 102 valence electrons. The van der Waals surface area contributed by atoms with E-state index in [2.05, 4.69) is 9.46 Å². The number of alkyl halides is 1. The number of rotatable bonds is 7. The molecule has 0 aromatic rings. The van der Waals surface area contributed by atoms with E-state index < -0.39 is 22.0 Å². The minimum absolute atomic E-state index is 0.100. The van der Waals surface area contributed by atoms with Crippen LogP contribution in [0, 0.1) is 11.8 Å². The van der Waals surface area contributed by atoms with Gasteiger partial charge >= 0.3 is 5.97 Å². The average Bonchev–Trinajstić information content (AvgIpc) is 2.23. The Bertz CT molecular complexity index is 342. The summed E-state index contributed by atoms with van der Waals surface area (Å²) in [6.07, 6.45) is 0. The Kier molecular flexibility index (Phi) is 7.04. The summed E-state index contributed by atoms with van der Waals surface area (Å²) >= 11 is 5.56. The molecular weight excluding hydrogens is 266 g/mol. The Morgan fingerprint density at radius 3 is 2.24 bits per heavy atom. The topological polar surface area (TPSA) is 72.5 Å². The number of hydrogen-bond acceptors (Lipinski definition) is 4. The third kappa shape index (κ3) is 6.24. The van der Waals surface area contributed by atoms with Crippen LogP contribution in [-0.4, -0.2) is 39.2 Å². The van der Waals surface area contributed by atoms with E-state index >= 15 is 0 Å². The number of hydrogen-bond donors (Lipinski definition) is 1. The van der Waals surface area contributed by atoms with Gasteiger partial charge < -0.3 is 4.74 Å². The summed E-state index contributed by atoms with van der Waals surface area (Å²) in [5, 5.41) is 0. The van der Waals surface area contributed by atoms with Gasteiger partial charge in [0.25, 0.3) is 0 Å². The van der Waals surface area contributed by atoms with Crippen LogP contribution in [0.1, 0.15) is 20.8 Å². The number of carbonyl (C=O) groups excluding carboxylic acids is 1. The van der Waals surface area contributed by atoms with Gasteiger partial charge in [0.05, 0.1) is 12.9 Å². The summed E-state index contributed by atoms with van der Waals surface area (Å²) in [5.41, 5.74) is 0. The molecule has 0 aromatic carbocycles. The third-order valence-corrected chi connectivity index (χ3v) is 4.34. The molecule has 1 unspecified atom stereocenters. The minimum Gasteiger partial charge on any atom is -0.468 e. The van der Waals surface area contributed by atoms with Crippen molar-refractivity contribution in [3.05, 3.63) is 0 Å². The van der Waals surface area contributed by atoms with E-state index in [-0.39, 0.29) is 23.5 Å². The van der Waals surface area contributed by atoms with Gasteiger partial charge in [-0.25, -0.2) is 13.1 Å². The van der Waals surface area contributed by atoms with Crippen molar-refractivity contribution in [3.63, 3.8) is 0 Å². The second kappa shape index (κ2) is 7.18. The van der Waals surface area contributed by atoms with Gasteiger partial charge in [0.15, 0.2) is 0 Å². The highest BCUT2D eigenvalue weighted by molar-refractivity contribution is 7.89. The van der Waals surface area contributed by atoms with Crippen LogP contribution in [0.25, 0.3) is 0 Å². The molecule has 0 rings (SSSR count). The summed E-state index contributed by atoms with van der Waals surface area (Å²) in [6, 6.07) is -0.854. The van der Waals surface area contributed by atoms with Crippen molar-refractivity contribution in [3.8, 4) is 0 Å². The zero-order valence-electron chi connectivity index (χ0n) is 10.6. The number of ether oxygens (including phenoxy) is 1. The Morgan fingerprint density at radius 2 is 1.88 bits per heavy atom. The molecule has 0 bridgehead atoms. The Balaban J connectivity index is 4.70. The Labute approximate surface area is 108 Å². The number of sulfonamides is 1. The molecule has 0 fully saturated rings. The molecule has 0 spiro atoms. The Hall–Kier alpha value is -0.330. The van der Waals surface area contributed by atoms with Crippen LogP contribution in [0.15, 0.2) is 0 Å². The molecule has 5 nitrogen and oxygen atoms in total. The zero-order valence-corrected chi connectivity index (χ0v) is 12.1. The quantitative estimate of drug-likeness (QED) is 0.559. The van der Waals surface area contributed by atoms with Crippen LogP contribution < -0.4 is 4.72 Å². The first-order valence-corrected chi connectivity index (χ1v) is 7.56. The molecular formula is C10H20ClNO4S. The van der Waals surface area contributed by atoms with Gasteiger partial charge in [-0.2, -0.15) is 0 Å². The van der Waals surface area contributed by atoms with Crippen molar-refractivity contribution in [2.24, 2.45) is 11.8 Å². The highest BCUT2D eigenvalue weighted by atomic mass is 35.5. The maximum Gasteiger partial charge on any atom is 0.324 e. The zero-order chi connectivity index (χ0) is 13.6. The van der Waals surface area contributed by atoms with E-state index in [1.54, 1.807) is 20.8 Å². The molecule has 0 amide bonds. The summed E-state index contributed by atoms with van der Waals surface area (Å²) in [4.78, 5) is 11.4. The summed E-state index contributed by atoms with van der Waals surface area (Å²) in [5.74, 6) is -0.771. The predicted molar refractivity (Wildman–Crippen MR) is 67.4 cm³/mol. The van der Waals surface area contributed by atoms with E-state index in [4.69, 9.17) is 11.6 Å².